The van der Waals surface area contributed by atoms with Gasteiger partial charge in [0.25, 0.3) is 0 Å². The highest BCUT2D eigenvalue weighted by Gasteiger charge is 2.31. The van der Waals surface area contributed by atoms with Gasteiger partial charge >= 0.3 is 0 Å². The smallest absolute Gasteiger partial charge is 0.165 e. The van der Waals surface area contributed by atoms with E-state index in [1.807, 2.05) is 0 Å². The predicted octanol–water partition coefficient (Wildman–Crippen LogP) is 2.97. The van der Waals surface area contributed by atoms with Crippen molar-refractivity contribution in [2.24, 2.45) is 0 Å². The second kappa shape index (κ2) is 8.50. The van der Waals surface area contributed by atoms with Crippen LogP contribution in [-0.2, 0) is 4.74 Å². The molecule has 7 nitrogen and oxygen atoms in total. The number of hydrogen-bond donors (Lipinski definition) is 3. The third kappa shape index (κ3) is 4.37. The van der Waals surface area contributed by atoms with Crippen molar-refractivity contribution in [2.75, 3.05) is 14.2 Å². The second-order valence-electron chi connectivity index (χ2n) is 6.82. The minimum Gasteiger partial charge on any atom is -0.504 e. The standard InChI is InChI=1S/C21H24O7/c1-26-20-7-12(3-5-16(20)23)18(25)11-15-9-14(22)10-19(28-15)13-4-6-17(24)21(8-13)27-2/h3-8,14-15,19,22-24H,9-11H2,1-2H3/t14-,15+,19-/m0/s1. The van der Waals surface area contributed by atoms with E-state index in [-0.39, 0.29) is 29.5 Å². The van der Waals surface area contributed by atoms with Gasteiger partial charge in [0.05, 0.1) is 32.5 Å². The Balaban J connectivity index is 1.73. The fourth-order valence-electron chi connectivity index (χ4n) is 3.41. The number of phenols is 2. The molecule has 0 aromatic heterocycles. The number of carbonyl (C=O) groups excluding carboxylic acids is 1. The number of aliphatic hydroxyl groups excluding tert-OH is 1. The summed E-state index contributed by atoms with van der Waals surface area (Å²) in [5.74, 6) is 0.370. The van der Waals surface area contributed by atoms with Crippen molar-refractivity contribution >= 4 is 5.78 Å². The minimum atomic E-state index is -0.606. The van der Waals surface area contributed by atoms with E-state index in [9.17, 15) is 20.1 Å². The lowest BCUT2D eigenvalue weighted by molar-refractivity contribution is -0.0962. The van der Waals surface area contributed by atoms with Crippen LogP contribution >= 0.6 is 0 Å². The number of aliphatic hydroxyl groups is 1. The van der Waals surface area contributed by atoms with E-state index in [0.717, 1.165) is 5.56 Å². The first kappa shape index (κ1) is 20.0. The van der Waals surface area contributed by atoms with Gasteiger partial charge in [-0.05, 0) is 35.9 Å². The Kier molecular flexibility index (Phi) is 6.06. The second-order valence-corrected chi connectivity index (χ2v) is 6.82. The highest BCUT2D eigenvalue weighted by atomic mass is 16.5. The largest absolute Gasteiger partial charge is 0.504 e. The third-order valence-electron chi connectivity index (χ3n) is 4.87. The highest BCUT2D eigenvalue weighted by Crippen LogP contribution is 2.37. The molecular formula is C21H24O7. The maximum absolute atomic E-state index is 12.6. The van der Waals surface area contributed by atoms with E-state index in [4.69, 9.17) is 14.2 Å². The molecule has 1 aliphatic heterocycles. The molecule has 150 valence electrons. The van der Waals surface area contributed by atoms with Crippen LogP contribution in [0.25, 0.3) is 0 Å². The SMILES string of the molecule is COc1cc(C(=O)C[C@H]2C[C@H](O)C[C@@H](c3ccc(O)c(OC)c3)O2)ccc1O. The lowest BCUT2D eigenvalue weighted by atomic mass is 9.93. The van der Waals surface area contributed by atoms with Crippen LogP contribution in [0.15, 0.2) is 36.4 Å². The minimum absolute atomic E-state index is 0.0237. The summed E-state index contributed by atoms with van der Waals surface area (Å²) in [4.78, 5) is 12.6. The van der Waals surface area contributed by atoms with Crippen LogP contribution in [0.3, 0.4) is 0 Å². The molecule has 0 aliphatic carbocycles. The molecule has 2 aromatic rings. The first-order valence-electron chi connectivity index (χ1n) is 9.02. The van der Waals surface area contributed by atoms with Crippen molar-refractivity contribution in [3.8, 4) is 23.0 Å². The summed E-state index contributed by atoms with van der Waals surface area (Å²) < 4.78 is 16.2. The third-order valence-corrected chi connectivity index (χ3v) is 4.87. The number of benzene rings is 2. The summed E-state index contributed by atoms with van der Waals surface area (Å²) in [6.07, 6.45) is -0.633. The molecule has 0 unspecified atom stereocenters. The van der Waals surface area contributed by atoms with Gasteiger partial charge in [-0.15, -0.1) is 0 Å². The number of hydrogen-bond acceptors (Lipinski definition) is 7. The number of methoxy groups -OCH3 is 2. The van der Waals surface area contributed by atoms with Gasteiger partial charge in [-0.3, -0.25) is 4.79 Å². The van der Waals surface area contributed by atoms with Crippen LogP contribution in [0.2, 0.25) is 0 Å². The van der Waals surface area contributed by atoms with Gasteiger partial charge in [-0.25, -0.2) is 0 Å². The molecule has 1 saturated heterocycles. The zero-order chi connectivity index (χ0) is 20.3. The highest BCUT2D eigenvalue weighted by molar-refractivity contribution is 5.97. The normalized spacial score (nSPS) is 21.9. The molecule has 1 aliphatic rings. The fourth-order valence-corrected chi connectivity index (χ4v) is 3.41. The Morgan fingerprint density at radius 1 is 1.04 bits per heavy atom. The molecule has 3 N–H and O–H groups in total. The van der Waals surface area contributed by atoms with E-state index in [2.05, 4.69) is 0 Å². The Hall–Kier alpha value is -2.77. The topological polar surface area (TPSA) is 105 Å². The quantitative estimate of drug-likeness (QED) is 0.653. The number of rotatable bonds is 6. The average molecular weight is 388 g/mol. The number of carbonyl (C=O) groups is 1. The molecule has 28 heavy (non-hydrogen) atoms. The Morgan fingerprint density at radius 3 is 2.36 bits per heavy atom. The van der Waals surface area contributed by atoms with Crippen molar-refractivity contribution in [1.29, 1.82) is 0 Å². The Morgan fingerprint density at radius 2 is 1.68 bits per heavy atom. The lowest BCUT2D eigenvalue weighted by Gasteiger charge is -2.33. The summed E-state index contributed by atoms with van der Waals surface area (Å²) in [5.41, 5.74) is 1.17. The Labute approximate surface area is 163 Å². The van der Waals surface area contributed by atoms with Gasteiger partial charge in [0.1, 0.15) is 0 Å². The van der Waals surface area contributed by atoms with Gasteiger partial charge in [0.2, 0.25) is 0 Å². The first-order chi connectivity index (χ1) is 13.4. The van der Waals surface area contributed by atoms with E-state index in [0.29, 0.717) is 24.2 Å². The number of ether oxygens (including phenoxy) is 3. The number of ketones is 1. The van der Waals surface area contributed by atoms with Gasteiger partial charge in [-0.1, -0.05) is 6.07 Å². The van der Waals surface area contributed by atoms with Crippen molar-refractivity contribution in [3.63, 3.8) is 0 Å². The molecule has 0 spiro atoms. The van der Waals surface area contributed by atoms with Crippen molar-refractivity contribution in [1.82, 2.24) is 0 Å². The summed E-state index contributed by atoms with van der Waals surface area (Å²) >= 11 is 0. The summed E-state index contributed by atoms with van der Waals surface area (Å²) in [5, 5.41) is 29.7. The van der Waals surface area contributed by atoms with Gasteiger partial charge in [0, 0.05) is 24.8 Å². The van der Waals surface area contributed by atoms with Crippen molar-refractivity contribution in [2.45, 2.75) is 37.6 Å². The molecule has 1 fully saturated rings. The van der Waals surface area contributed by atoms with Gasteiger partial charge < -0.3 is 29.5 Å². The van der Waals surface area contributed by atoms with Crippen LogP contribution < -0.4 is 9.47 Å². The number of aromatic hydroxyl groups is 2. The predicted molar refractivity (Wildman–Crippen MR) is 101 cm³/mol. The van der Waals surface area contributed by atoms with E-state index in [1.165, 1.54) is 38.5 Å². The van der Waals surface area contributed by atoms with E-state index < -0.39 is 18.3 Å². The molecule has 0 bridgehead atoms. The van der Waals surface area contributed by atoms with Crippen molar-refractivity contribution < 1.29 is 34.3 Å². The zero-order valence-corrected chi connectivity index (χ0v) is 15.8. The molecule has 3 rings (SSSR count). The molecular weight excluding hydrogens is 364 g/mol. The molecule has 7 heteroatoms. The Bertz CT molecular complexity index is 849. The van der Waals surface area contributed by atoms with E-state index in [1.54, 1.807) is 12.1 Å². The summed E-state index contributed by atoms with van der Waals surface area (Å²) in [7, 11) is 2.88. The molecule has 3 atom stereocenters. The van der Waals surface area contributed by atoms with Gasteiger partial charge in [0.15, 0.2) is 28.8 Å². The molecule has 0 radical (unpaired) electrons. The number of phenolic OH excluding ortho intramolecular Hbond substituents is 2. The fraction of sp³-hybridized carbons (Fsp3) is 0.381. The van der Waals surface area contributed by atoms with Crippen LogP contribution in [0, 0.1) is 0 Å². The monoisotopic (exact) mass is 388 g/mol. The van der Waals surface area contributed by atoms with E-state index >= 15 is 0 Å². The number of Topliss-reactive ketones (excluding diaryl/α,β-unsaturated/α-hetero) is 1. The summed E-state index contributed by atoms with van der Waals surface area (Å²) in [6.45, 7) is 0. The van der Waals surface area contributed by atoms with Crippen LogP contribution in [0.1, 0.15) is 41.3 Å². The lowest BCUT2D eigenvalue weighted by Crippen LogP contribution is -2.32. The van der Waals surface area contributed by atoms with Crippen LogP contribution in [0.5, 0.6) is 23.0 Å². The molecule has 0 saturated carbocycles. The maximum atomic E-state index is 12.6. The van der Waals surface area contributed by atoms with Crippen LogP contribution in [0.4, 0.5) is 0 Å². The van der Waals surface area contributed by atoms with Gasteiger partial charge in [-0.2, -0.15) is 0 Å². The zero-order valence-electron chi connectivity index (χ0n) is 15.8. The van der Waals surface area contributed by atoms with Crippen LogP contribution in [-0.4, -0.2) is 47.5 Å². The first-order valence-corrected chi connectivity index (χ1v) is 9.02. The molecule has 1 heterocycles. The maximum Gasteiger partial charge on any atom is 0.165 e. The molecule has 0 amide bonds. The summed E-state index contributed by atoms with van der Waals surface area (Å²) in [6, 6.07) is 9.32. The average Bonchev–Trinajstić information content (AvgIpc) is 2.68. The molecule has 2 aromatic carbocycles. The van der Waals surface area contributed by atoms with Crippen molar-refractivity contribution in [3.05, 3.63) is 47.5 Å².